The Morgan fingerprint density at radius 1 is 1.09 bits per heavy atom. The van der Waals surface area contributed by atoms with Gasteiger partial charge in [-0.1, -0.05) is 48.0 Å². The van der Waals surface area contributed by atoms with E-state index in [1.165, 1.54) is 6.26 Å². The molecular formula is C18H14ClNO3. The molecule has 0 unspecified atom stereocenters. The Balaban J connectivity index is 1.58. The predicted molar refractivity (Wildman–Crippen MR) is 86.9 cm³/mol. The molecule has 0 radical (unpaired) electrons. The largest absolute Gasteiger partial charge is 0.459 e. The highest BCUT2D eigenvalue weighted by Gasteiger charge is 2.11. The summed E-state index contributed by atoms with van der Waals surface area (Å²) in [6, 6.07) is 16.7. The van der Waals surface area contributed by atoms with Crippen LogP contribution in [0, 0.1) is 0 Å². The van der Waals surface area contributed by atoms with Crippen LogP contribution in [-0.4, -0.2) is 11.0 Å². The molecule has 116 valence electrons. The minimum Gasteiger partial charge on any atom is -0.459 e. The van der Waals surface area contributed by atoms with Crippen molar-refractivity contribution in [2.75, 3.05) is 0 Å². The van der Waals surface area contributed by atoms with Crippen LogP contribution < -0.4 is 0 Å². The molecule has 2 aromatic carbocycles. The van der Waals surface area contributed by atoms with E-state index in [2.05, 4.69) is 4.98 Å². The molecule has 0 amide bonds. The molecule has 23 heavy (non-hydrogen) atoms. The lowest BCUT2D eigenvalue weighted by Gasteiger charge is -2.04. The molecule has 0 atom stereocenters. The molecule has 0 fully saturated rings. The van der Waals surface area contributed by atoms with E-state index in [9.17, 15) is 4.79 Å². The maximum atomic E-state index is 11.9. The number of carbonyl (C=O) groups excluding carboxylic acids is 1. The van der Waals surface area contributed by atoms with E-state index in [0.29, 0.717) is 16.6 Å². The Morgan fingerprint density at radius 3 is 2.61 bits per heavy atom. The fourth-order valence-electron chi connectivity index (χ4n) is 2.09. The van der Waals surface area contributed by atoms with Crippen LogP contribution in [0.25, 0.3) is 11.5 Å². The van der Waals surface area contributed by atoms with Crippen molar-refractivity contribution in [1.29, 1.82) is 0 Å². The van der Waals surface area contributed by atoms with Gasteiger partial charge < -0.3 is 9.15 Å². The summed E-state index contributed by atoms with van der Waals surface area (Å²) in [7, 11) is 0. The summed E-state index contributed by atoms with van der Waals surface area (Å²) < 4.78 is 10.6. The summed E-state index contributed by atoms with van der Waals surface area (Å²) in [6.07, 6.45) is 1.62. The number of oxazole rings is 1. The second-order valence-corrected chi connectivity index (χ2v) is 5.35. The lowest BCUT2D eigenvalue weighted by Crippen LogP contribution is -2.08. The summed E-state index contributed by atoms with van der Waals surface area (Å²) in [5.74, 6) is 0.144. The van der Waals surface area contributed by atoms with E-state index in [-0.39, 0.29) is 19.0 Å². The molecule has 0 saturated carbocycles. The second kappa shape index (κ2) is 7.11. The van der Waals surface area contributed by atoms with Crippen molar-refractivity contribution >= 4 is 17.6 Å². The molecule has 0 saturated heterocycles. The average molecular weight is 328 g/mol. The molecule has 0 N–H and O–H groups in total. The van der Waals surface area contributed by atoms with Gasteiger partial charge in [0.25, 0.3) is 0 Å². The molecule has 1 aromatic heterocycles. The number of benzene rings is 2. The van der Waals surface area contributed by atoms with Gasteiger partial charge in [-0.05, 0) is 23.8 Å². The second-order valence-electron chi connectivity index (χ2n) is 4.94. The molecule has 5 heteroatoms. The van der Waals surface area contributed by atoms with Gasteiger partial charge in [0.2, 0.25) is 5.89 Å². The van der Waals surface area contributed by atoms with Crippen LogP contribution in [0.15, 0.2) is 65.3 Å². The number of hydrogen-bond donors (Lipinski definition) is 0. The van der Waals surface area contributed by atoms with E-state index < -0.39 is 0 Å². The molecule has 0 bridgehead atoms. The summed E-state index contributed by atoms with van der Waals surface area (Å²) in [5, 5.41) is 0.553. The summed E-state index contributed by atoms with van der Waals surface area (Å²) >= 11 is 6.02. The molecule has 3 aromatic rings. The number of nitrogens with zero attached hydrogens (tertiary/aromatic N) is 1. The monoisotopic (exact) mass is 327 g/mol. The zero-order valence-corrected chi connectivity index (χ0v) is 13.0. The Kier molecular flexibility index (Phi) is 4.74. The SMILES string of the molecule is O=C(Cc1ccccc1Cl)OCc1coc(-c2ccccc2)n1. The van der Waals surface area contributed by atoms with E-state index >= 15 is 0 Å². The number of ether oxygens (including phenoxy) is 1. The number of esters is 1. The quantitative estimate of drug-likeness (QED) is 0.656. The van der Waals surface area contributed by atoms with E-state index in [0.717, 1.165) is 11.1 Å². The van der Waals surface area contributed by atoms with Crippen molar-refractivity contribution in [3.8, 4) is 11.5 Å². The Bertz CT molecular complexity index is 799. The highest BCUT2D eigenvalue weighted by Crippen LogP contribution is 2.19. The van der Waals surface area contributed by atoms with Crippen molar-refractivity contribution in [3.63, 3.8) is 0 Å². The fourth-order valence-corrected chi connectivity index (χ4v) is 2.29. The van der Waals surface area contributed by atoms with Gasteiger partial charge in [0, 0.05) is 10.6 Å². The van der Waals surface area contributed by atoms with Crippen LogP contribution in [0.4, 0.5) is 0 Å². The zero-order chi connectivity index (χ0) is 16.1. The van der Waals surface area contributed by atoms with Gasteiger partial charge in [-0.2, -0.15) is 0 Å². The van der Waals surface area contributed by atoms with Gasteiger partial charge in [0.15, 0.2) is 0 Å². The van der Waals surface area contributed by atoms with Gasteiger partial charge in [-0.3, -0.25) is 4.79 Å². The normalized spacial score (nSPS) is 10.5. The van der Waals surface area contributed by atoms with Crippen molar-refractivity contribution in [2.24, 2.45) is 0 Å². The van der Waals surface area contributed by atoms with Crippen LogP contribution in [-0.2, 0) is 22.6 Å². The van der Waals surface area contributed by atoms with Crippen LogP contribution in [0.1, 0.15) is 11.3 Å². The Hall–Kier alpha value is -2.59. The third kappa shape index (κ3) is 3.99. The number of halogens is 1. The van der Waals surface area contributed by atoms with Gasteiger partial charge in [0.1, 0.15) is 18.6 Å². The van der Waals surface area contributed by atoms with Crippen LogP contribution >= 0.6 is 11.6 Å². The lowest BCUT2D eigenvalue weighted by molar-refractivity contribution is -0.144. The Morgan fingerprint density at radius 2 is 1.83 bits per heavy atom. The number of carbonyl (C=O) groups is 1. The molecular weight excluding hydrogens is 314 g/mol. The maximum Gasteiger partial charge on any atom is 0.310 e. The fraction of sp³-hybridized carbons (Fsp3) is 0.111. The van der Waals surface area contributed by atoms with Crippen molar-refractivity contribution in [2.45, 2.75) is 13.0 Å². The highest BCUT2D eigenvalue weighted by molar-refractivity contribution is 6.31. The number of hydrogen-bond acceptors (Lipinski definition) is 4. The van der Waals surface area contributed by atoms with E-state index in [1.807, 2.05) is 42.5 Å². The van der Waals surface area contributed by atoms with Gasteiger partial charge in [-0.25, -0.2) is 4.98 Å². The lowest BCUT2D eigenvalue weighted by atomic mass is 10.1. The first kappa shape index (κ1) is 15.3. The molecule has 0 aliphatic heterocycles. The molecule has 1 heterocycles. The van der Waals surface area contributed by atoms with Crippen molar-refractivity contribution < 1.29 is 13.9 Å². The standard InChI is InChI=1S/C18H14ClNO3/c19-16-9-5-4-8-14(16)10-17(21)22-11-15-12-23-18(20-15)13-6-2-1-3-7-13/h1-9,12H,10-11H2. The highest BCUT2D eigenvalue weighted by atomic mass is 35.5. The van der Waals surface area contributed by atoms with Crippen LogP contribution in [0.3, 0.4) is 0 Å². The first-order valence-corrected chi connectivity index (χ1v) is 7.49. The molecule has 0 spiro atoms. The first-order chi connectivity index (χ1) is 11.2. The van der Waals surface area contributed by atoms with Crippen LogP contribution in [0.5, 0.6) is 0 Å². The van der Waals surface area contributed by atoms with Gasteiger partial charge in [0.05, 0.1) is 6.42 Å². The third-order valence-corrected chi connectivity index (χ3v) is 3.61. The van der Waals surface area contributed by atoms with Gasteiger partial charge >= 0.3 is 5.97 Å². The van der Waals surface area contributed by atoms with E-state index in [4.69, 9.17) is 20.8 Å². The molecule has 0 aliphatic carbocycles. The summed E-state index contributed by atoms with van der Waals surface area (Å²) in [4.78, 5) is 16.2. The minimum atomic E-state index is -0.359. The predicted octanol–water partition coefficient (Wildman–Crippen LogP) is 4.28. The van der Waals surface area contributed by atoms with E-state index in [1.54, 1.807) is 12.1 Å². The Labute approximate surface area is 138 Å². The number of rotatable bonds is 5. The number of aromatic nitrogens is 1. The molecule has 0 aliphatic rings. The molecule has 3 rings (SSSR count). The first-order valence-electron chi connectivity index (χ1n) is 7.11. The summed E-state index contributed by atoms with van der Waals surface area (Å²) in [6.45, 7) is 0.0691. The zero-order valence-electron chi connectivity index (χ0n) is 12.2. The minimum absolute atomic E-state index is 0.0691. The maximum absolute atomic E-state index is 11.9. The topological polar surface area (TPSA) is 52.3 Å². The average Bonchev–Trinajstić information content (AvgIpc) is 3.05. The van der Waals surface area contributed by atoms with Gasteiger partial charge in [-0.15, -0.1) is 0 Å². The third-order valence-electron chi connectivity index (χ3n) is 3.25. The smallest absolute Gasteiger partial charge is 0.310 e. The van der Waals surface area contributed by atoms with Crippen molar-refractivity contribution in [1.82, 2.24) is 4.98 Å². The summed E-state index contributed by atoms with van der Waals surface area (Å²) in [5.41, 5.74) is 2.18. The van der Waals surface area contributed by atoms with Crippen molar-refractivity contribution in [3.05, 3.63) is 77.1 Å². The van der Waals surface area contributed by atoms with Crippen LogP contribution in [0.2, 0.25) is 5.02 Å². The molecule has 4 nitrogen and oxygen atoms in total.